The monoisotopic (exact) mass is 567 g/mol. The Hall–Kier alpha value is -4.94. The zero-order valence-corrected chi connectivity index (χ0v) is 22.2. The van der Waals surface area contributed by atoms with Gasteiger partial charge in [-0.2, -0.15) is 18.2 Å². The molecule has 1 fully saturated rings. The van der Waals surface area contributed by atoms with E-state index in [-0.39, 0.29) is 23.1 Å². The van der Waals surface area contributed by atoms with Crippen LogP contribution in [0.15, 0.2) is 61.3 Å². The van der Waals surface area contributed by atoms with Crippen molar-refractivity contribution in [2.75, 3.05) is 47.0 Å². The SMILES string of the molecule is C=CC(=O)Nc1cccc(Nc2nc(Nc3ccc(N4CCCN(C(C)=O)CC4)cc3C=O)ncc2C(F)(F)F)c1. The molecule has 4 rings (SSSR count). The fraction of sp³-hybridized carbons (Fsp3) is 0.250. The number of hydrogen-bond acceptors (Lipinski definition) is 8. The van der Waals surface area contributed by atoms with Gasteiger partial charge in [0.05, 0.1) is 5.69 Å². The van der Waals surface area contributed by atoms with E-state index in [0.29, 0.717) is 50.0 Å². The highest BCUT2D eigenvalue weighted by Gasteiger charge is 2.35. The maximum absolute atomic E-state index is 13.8. The van der Waals surface area contributed by atoms with E-state index in [4.69, 9.17) is 0 Å². The van der Waals surface area contributed by atoms with Crippen molar-refractivity contribution in [2.45, 2.75) is 19.5 Å². The summed E-state index contributed by atoms with van der Waals surface area (Å²) in [5, 5.41) is 8.02. The molecule has 0 aliphatic carbocycles. The molecule has 3 N–H and O–H groups in total. The Morgan fingerprint density at radius 1 is 1.02 bits per heavy atom. The molecule has 1 aromatic heterocycles. The molecule has 10 nitrogen and oxygen atoms in total. The Morgan fingerprint density at radius 2 is 1.80 bits per heavy atom. The number of hydrogen-bond donors (Lipinski definition) is 3. The molecule has 0 saturated carbocycles. The highest BCUT2D eigenvalue weighted by molar-refractivity contribution is 5.99. The van der Waals surface area contributed by atoms with Crippen molar-refractivity contribution >= 4 is 52.6 Å². The third-order valence-electron chi connectivity index (χ3n) is 6.39. The van der Waals surface area contributed by atoms with Gasteiger partial charge in [0.2, 0.25) is 17.8 Å². The molecule has 1 aliphatic rings. The number of nitrogens with zero attached hydrogens (tertiary/aromatic N) is 4. The van der Waals surface area contributed by atoms with Crippen molar-refractivity contribution < 1.29 is 27.6 Å². The zero-order valence-electron chi connectivity index (χ0n) is 22.2. The minimum atomic E-state index is -4.75. The largest absolute Gasteiger partial charge is 0.421 e. The Morgan fingerprint density at radius 3 is 2.51 bits per heavy atom. The molecule has 2 heterocycles. The number of nitrogens with one attached hydrogen (secondary N) is 3. The van der Waals surface area contributed by atoms with Crippen LogP contribution in [0.4, 0.5) is 47.7 Å². The van der Waals surface area contributed by atoms with Gasteiger partial charge in [0.25, 0.3) is 0 Å². The molecule has 0 atom stereocenters. The highest BCUT2D eigenvalue weighted by atomic mass is 19.4. The Bertz CT molecular complexity index is 1460. The molecule has 0 unspecified atom stereocenters. The van der Waals surface area contributed by atoms with E-state index in [1.807, 2.05) is 0 Å². The molecule has 214 valence electrons. The van der Waals surface area contributed by atoms with Crippen LogP contribution in [0.5, 0.6) is 0 Å². The number of benzene rings is 2. The molecule has 1 saturated heterocycles. The number of carbonyl (C=O) groups is 3. The second-order valence-corrected chi connectivity index (χ2v) is 9.21. The topological polar surface area (TPSA) is 120 Å². The van der Waals surface area contributed by atoms with E-state index < -0.39 is 23.5 Å². The van der Waals surface area contributed by atoms with Crippen LogP contribution in [0.2, 0.25) is 0 Å². The number of aldehydes is 1. The van der Waals surface area contributed by atoms with Gasteiger partial charge in [0.15, 0.2) is 6.29 Å². The van der Waals surface area contributed by atoms with E-state index in [2.05, 4.69) is 37.4 Å². The summed E-state index contributed by atoms with van der Waals surface area (Å²) in [5.41, 5.74) is 0.829. The summed E-state index contributed by atoms with van der Waals surface area (Å²) in [5.74, 6) is -1.15. The van der Waals surface area contributed by atoms with Gasteiger partial charge >= 0.3 is 6.18 Å². The van der Waals surface area contributed by atoms with Crippen LogP contribution in [0.25, 0.3) is 0 Å². The van der Waals surface area contributed by atoms with Gasteiger partial charge in [0.1, 0.15) is 11.4 Å². The van der Waals surface area contributed by atoms with Crippen molar-refractivity contribution in [3.63, 3.8) is 0 Å². The quantitative estimate of drug-likeness (QED) is 0.258. The molecule has 0 radical (unpaired) electrons. The lowest BCUT2D eigenvalue weighted by molar-refractivity contribution is -0.137. The third kappa shape index (κ3) is 7.38. The Labute approximate surface area is 234 Å². The van der Waals surface area contributed by atoms with Crippen molar-refractivity contribution in [3.05, 3.63) is 72.4 Å². The van der Waals surface area contributed by atoms with Gasteiger partial charge in [-0.25, -0.2) is 4.98 Å². The molecule has 41 heavy (non-hydrogen) atoms. The predicted octanol–water partition coefficient (Wildman–Crippen LogP) is 4.98. The molecular weight excluding hydrogens is 539 g/mol. The fourth-order valence-electron chi connectivity index (χ4n) is 4.32. The summed E-state index contributed by atoms with van der Waals surface area (Å²) in [4.78, 5) is 47.0. The first-order valence-corrected chi connectivity index (χ1v) is 12.7. The summed E-state index contributed by atoms with van der Waals surface area (Å²) in [6, 6.07) is 11.2. The van der Waals surface area contributed by atoms with Crippen molar-refractivity contribution in [3.8, 4) is 0 Å². The van der Waals surface area contributed by atoms with Crippen LogP contribution in [-0.2, 0) is 15.8 Å². The molecule has 0 bridgehead atoms. The van der Waals surface area contributed by atoms with E-state index in [9.17, 15) is 27.6 Å². The lowest BCUT2D eigenvalue weighted by atomic mass is 10.1. The molecule has 1 aliphatic heterocycles. The number of carbonyl (C=O) groups excluding carboxylic acids is 3. The summed E-state index contributed by atoms with van der Waals surface area (Å²) in [7, 11) is 0. The van der Waals surface area contributed by atoms with Crippen molar-refractivity contribution in [1.29, 1.82) is 0 Å². The van der Waals surface area contributed by atoms with Crippen LogP contribution < -0.4 is 20.9 Å². The first-order chi connectivity index (χ1) is 19.6. The number of halogens is 3. The number of aromatic nitrogens is 2. The first-order valence-electron chi connectivity index (χ1n) is 12.7. The average Bonchev–Trinajstić information content (AvgIpc) is 3.20. The second kappa shape index (κ2) is 12.5. The van der Waals surface area contributed by atoms with Gasteiger partial charge in [-0.1, -0.05) is 12.6 Å². The maximum atomic E-state index is 13.8. The van der Waals surface area contributed by atoms with E-state index in [0.717, 1.165) is 18.2 Å². The average molecular weight is 568 g/mol. The van der Waals surface area contributed by atoms with Crippen LogP contribution in [0.3, 0.4) is 0 Å². The minimum Gasteiger partial charge on any atom is -0.370 e. The number of amides is 2. The van der Waals surface area contributed by atoms with Crippen molar-refractivity contribution in [2.24, 2.45) is 0 Å². The molecule has 3 aromatic rings. The Balaban J connectivity index is 1.58. The van der Waals surface area contributed by atoms with Crippen molar-refractivity contribution in [1.82, 2.24) is 14.9 Å². The second-order valence-electron chi connectivity index (χ2n) is 9.21. The normalized spacial score (nSPS) is 13.7. The number of rotatable bonds is 8. The van der Waals surface area contributed by atoms with Gasteiger partial charge in [-0.05, 0) is 48.9 Å². The standard InChI is InChI=1S/C28H28F3N7O3/c1-3-25(41)33-20-6-4-7-21(15-20)34-26-23(28(29,30)31)16-32-27(36-26)35-24-9-8-22(14-19(24)17-39)38-11-5-10-37(12-13-38)18(2)40/h3-4,6-9,14-17H,1,5,10-13H2,2H3,(H,33,41)(H2,32,34,35,36). The number of anilines is 6. The van der Waals surface area contributed by atoms with Crippen LogP contribution in [0.1, 0.15) is 29.3 Å². The van der Waals surface area contributed by atoms with Gasteiger partial charge in [0, 0.05) is 61.9 Å². The molecule has 0 spiro atoms. The summed E-state index contributed by atoms with van der Waals surface area (Å²) in [6.45, 7) is 7.41. The van der Waals surface area contributed by atoms with Gasteiger partial charge in [-0.15, -0.1) is 0 Å². The van der Waals surface area contributed by atoms with Crippen LogP contribution in [-0.4, -0.2) is 59.1 Å². The molecular formula is C28H28F3N7O3. The highest BCUT2D eigenvalue weighted by Crippen LogP contribution is 2.36. The summed E-state index contributed by atoms with van der Waals surface area (Å²) in [6.07, 6.45) is -1.63. The maximum Gasteiger partial charge on any atom is 0.421 e. The number of alkyl halides is 3. The lowest BCUT2D eigenvalue weighted by Gasteiger charge is -2.24. The Kier molecular flexibility index (Phi) is 8.85. The molecule has 2 aromatic carbocycles. The molecule has 2 amide bonds. The van der Waals surface area contributed by atoms with E-state index in [1.165, 1.54) is 19.1 Å². The first kappa shape index (κ1) is 29.1. The van der Waals surface area contributed by atoms with Gasteiger partial charge < -0.3 is 25.8 Å². The zero-order chi connectivity index (χ0) is 29.6. The minimum absolute atomic E-state index is 0.0116. The third-order valence-corrected chi connectivity index (χ3v) is 6.39. The predicted molar refractivity (Wildman–Crippen MR) is 150 cm³/mol. The van der Waals surface area contributed by atoms with Gasteiger partial charge in [-0.3, -0.25) is 14.4 Å². The summed E-state index contributed by atoms with van der Waals surface area (Å²) < 4.78 is 41.3. The lowest BCUT2D eigenvalue weighted by Crippen LogP contribution is -2.33. The molecule has 13 heteroatoms. The van der Waals surface area contributed by atoms with Crippen LogP contribution >= 0.6 is 0 Å². The smallest absolute Gasteiger partial charge is 0.370 e. The fourth-order valence-corrected chi connectivity index (χ4v) is 4.32. The summed E-state index contributed by atoms with van der Waals surface area (Å²) >= 11 is 0. The van der Waals surface area contributed by atoms with Crippen LogP contribution in [0, 0.1) is 0 Å². The van der Waals surface area contributed by atoms with E-state index >= 15 is 0 Å². The van der Waals surface area contributed by atoms with E-state index in [1.54, 1.807) is 35.2 Å².